The molecule has 2 rings (SSSR count). The van der Waals surface area contributed by atoms with Gasteiger partial charge in [0.1, 0.15) is 11.5 Å². The maximum absolute atomic E-state index is 10.6. The van der Waals surface area contributed by atoms with E-state index in [-0.39, 0.29) is 23.3 Å². The molecule has 0 aromatic heterocycles. The SMILES string of the molecule is [2H]C([2H])([2H])C1=CC(c2c(O)cc(CCCCC)cc2O)C(C(C)C)CC1. The summed E-state index contributed by atoms with van der Waals surface area (Å²) >= 11 is 0. The maximum Gasteiger partial charge on any atom is 0.123 e. The van der Waals surface area contributed by atoms with Crippen LogP contribution in [-0.4, -0.2) is 10.2 Å². The Kier molecular flexibility index (Phi) is 4.79. The first-order chi connectivity index (χ1) is 12.1. The Morgan fingerprint density at radius 2 is 1.91 bits per heavy atom. The lowest BCUT2D eigenvalue weighted by Crippen LogP contribution is -2.21. The lowest BCUT2D eigenvalue weighted by atomic mass is 9.71. The van der Waals surface area contributed by atoms with Crippen molar-refractivity contribution in [2.45, 2.75) is 72.1 Å². The van der Waals surface area contributed by atoms with Gasteiger partial charge in [-0.2, -0.15) is 0 Å². The molecule has 2 atom stereocenters. The highest BCUT2D eigenvalue weighted by Gasteiger charge is 2.31. The molecule has 1 aromatic carbocycles. The molecule has 0 saturated carbocycles. The lowest BCUT2D eigenvalue weighted by molar-refractivity contribution is 0.304. The average molecular weight is 320 g/mol. The van der Waals surface area contributed by atoms with Gasteiger partial charge in [-0.25, -0.2) is 0 Å². The van der Waals surface area contributed by atoms with Gasteiger partial charge >= 0.3 is 0 Å². The van der Waals surface area contributed by atoms with Crippen LogP contribution < -0.4 is 0 Å². The monoisotopic (exact) mass is 319 g/mol. The van der Waals surface area contributed by atoms with Gasteiger partial charge in [0.05, 0.1) is 0 Å². The molecule has 23 heavy (non-hydrogen) atoms. The van der Waals surface area contributed by atoms with Crippen LogP contribution in [0.2, 0.25) is 0 Å². The van der Waals surface area contributed by atoms with Gasteiger partial charge < -0.3 is 10.2 Å². The molecule has 0 bridgehead atoms. The molecule has 1 aliphatic carbocycles. The van der Waals surface area contributed by atoms with Gasteiger partial charge in [0.15, 0.2) is 0 Å². The van der Waals surface area contributed by atoms with Crippen LogP contribution in [0.3, 0.4) is 0 Å². The van der Waals surface area contributed by atoms with Gasteiger partial charge in [-0.15, -0.1) is 0 Å². The molecular weight excluding hydrogens is 284 g/mol. The van der Waals surface area contributed by atoms with E-state index in [2.05, 4.69) is 20.8 Å². The summed E-state index contributed by atoms with van der Waals surface area (Å²) in [6.07, 6.45) is 7.16. The second-order valence-electron chi connectivity index (χ2n) is 7.17. The van der Waals surface area contributed by atoms with Crippen molar-refractivity contribution >= 4 is 0 Å². The van der Waals surface area contributed by atoms with Gasteiger partial charge in [0.2, 0.25) is 0 Å². The number of rotatable bonds is 6. The number of aromatic hydroxyl groups is 2. The van der Waals surface area contributed by atoms with Crippen LogP contribution in [0.1, 0.15) is 80.9 Å². The van der Waals surface area contributed by atoms with Gasteiger partial charge in [-0.1, -0.05) is 45.3 Å². The molecule has 1 aromatic rings. The molecule has 0 amide bonds. The largest absolute Gasteiger partial charge is 0.507 e. The Morgan fingerprint density at radius 1 is 1.22 bits per heavy atom. The Balaban J connectivity index is 2.41. The second kappa shape index (κ2) is 7.90. The van der Waals surface area contributed by atoms with Crippen LogP contribution >= 0.6 is 0 Å². The topological polar surface area (TPSA) is 40.5 Å². The molecule has 0 radical (unpaired) electrons. The van der Waals surface area contributed by atoms with E-state index >= 15 is 0 Å². The fourth-order valence-corrected chi connectivity index (χ4v) is 3.72. The summed E-state index contributed by atoms with van der Waals surface area (Å²) in [5, 5.41) is 21.3. The summed E-state index contributed by atoms with van der Waals surface area (Å²) < 4.78 is 23.2. The van der Waals surface area contributed by atoms with Crippen molar-refractivity contribution < 1.29 is 14.3 Å². The van der Waals surface area contributed by atoms with Crippen molar-refractivity contribution in [2.75, 3.05) is 0 Å². The second-order valence-corrected chi connectivity index (χ2v) is 7.17. The highest BCUT2D eigenvalue weighted by Crippen LogP contribution is 2.46. The highest BCUT2D eigenvalue weighted by atomic mass is 16.3. The number of benzene rings is 1. The van der Waals surface area contributed by atoms with Crippen molar-refractivity contribution in [3.63, 3.8) is 0 Å². The Morgan fingerprint density at radius 3 is 2.48 bits per heavy atom. The van der Waals surface area contributed by atoms with Crippen molar-refractivity contribution in [3.8, 4) is 11.5 Å². The molecule has 2 nitrogen and oxygen atoms in total. The van der Waals surface area contributed by atoms with Gasteiger partial charge in [0.25, 0.3) is 0 Å². The zero-order valence-electron chi connectivity index (χ0n) is 17.6. The first kappa shape index (κ1) is 13.9. The zero-order chi connectivity index (χ0) is 19.5. The molecule has 2 unspecified atom stereocenters. The average Bonchev–Trinajstić information content (AvgIpc) is 2.53. The number of aryl methyl sites for hydroxylation is 1. The third kappa shape index (κ3) is 4.31. The van der Waals surface area contributed by atoms with E-state index in [0.717, 1.165) is 37.7 Å². The molecule has 2 heteroatoms. The predicted octanol–water partition coefficient (Wildman–Crippen LogP) is 5.93. The molecule has 0 aliphatic heterocycles. The molecule has 1 aliphatic rings. The van der Waals surface area contributed by atoms with Crippen molar-refractivity contribution in [3.05, 3.63) is 34.9 Å². The standard InChI is InChI=1S/C21H32O2/c1-5-6-7-8-16-12-19(22)21(20(23)13-16)18-11-15(4)9-10-17(18)14(2)3/h11-14,17-18,22-23H,5-10H2,1-4H3/i4D3. The minimum absolute atomic E-state index is 0.0789. The summed E-state index contributed by atoms with van der Waals surface area (Å²) in [7, 11) is 0. The minimum atomic E-state index is -2.12. The predicted molar refractivity (Wildman–Crippen MR) is 97.1 cm³/mol. The molecule has 0 saturated heterocycles. The number of phenolic OH excluding ortho intramolecular Hbond substituents is 2. The van der Waals surface area contributed by atoms with Gasteiger partial charge in [-0.05, 0) is 62.1 Å². The Labute approximate surface area is 145 Å². The smallest absolute Gasteiger partial charge is 0.123 e. The first-order valence-corrected chi connectivity index (χ1v) is 8.91. The van der Waals surface area contributed by atoms with E-state index < -0.39 is 6.85 Å². The van der Waals surface area contributed by atoms with Crippen LogP contribution in [0, 0.1) is 11.8 Å². The highest BCUT2D eigenvalue weighted by molar-refractivity contribution is 5.51. The van der Waals surface area contributed by atoms with Crippen molar-refractivity contribution in [2.24, 2.45) is 11.8 Å². The lowest BCUT2D eigenvalue weighted by Gasteiger charge is -2.33. The van der Waals surface area contributed by atoms with Gasteiger partial charge in [-0.3, -0.25) is 0 Å². The van der Waals surface area contributed by atoms with E-state index in [4.69, 9.17) is 4.11 Å². The molecule has 0 spiro atoms. The zero-order valence-corrected chi connectivity index (χ0v) is 14.6. The van der Waals surface area contributed by atoms with Crippen LogP contribution in [0.25, 0.3) is 0 Å². The van der Waals surface area contributed by atoms with E-state index in [1.54, 1.807) is 18.2 Å². The molecular formula is C21H32O2. The summed E-state index contributed by atoms with van der Waals surface area (Å²) in [6.45, 7) is 4.24. The number of hydrogen-bond donors (Lipinski definition) is 2. The van der Waals surface area contributed by atoms with Crippen LogP contribution in [0.4, 0.5) is 0 Å². The molecule has 0 heterocycles. The number of unbranched alkanes of at least 4 members (excludes halogenated alkanes) is 2. The van der Waals surface area contributed by atoms with E-state index in [9.17, 15) is 10.2 Å². The van der Waals surface area contributed by atoms with E-state index in [1.807, 2.05) is 0 Å². The van der Waals surface area contributed by atoms with Crippen LogP contribution in [0.5, 0.6) is 11.5 Å². The summed E-state index contributed by atoms with van der Waals surface area (Å²) in [4.78, 5) is 0. The first-order valence-electron chi connectivity index (χ1n) is 10.4. The Hall–Kier alpha value is -1.44. The fraction of sp³-hybridized carbons (Fsp3) is 0.619. The Bertz CT molecular complexity index is 624. The van der Waals surface area contributed by atoms with Crippen molar-refractivity contribution in [1.82, 2.24) is 0 Å². The summed E-state index contributed by atoms with van der Waals surface area (Å²) in [5.41, 5.74) is 1.84. The number of allylic oxidation sites excluding steroid dienone is 2. The normalized spacial score (nSPS) is 24.0. The third-order valence-electron chi connectivity index (χ3n) is 5.04. The molecule has 2 N–H and O–H groups in total. The van der Waals surface area contributed by atoms with Gasteiger partial charge in [0, 0.05) is 15.6 Å². The summed E-state index contributed by atoms with van der Waals surface area (Å²) in [5.74, 6) is 0.413. The number of phenols is 2. The summed E-state index contributed by atoms with van der Waals surface area (Å²) in [6, 6.07) is 3.47. The molecule has 128 valence electrons. The number of hydrogen-bond acceptors (Lipinski definition) is 2. The van der Waals surface area contributed by atoms with E-state index in [0.29, 0.717) is 23.5 Å². The van der Waals surface area contributed by atoms with Crippen molar-refractivity contribution in [1.29, 1.82) is 0 Å². The minimum Gasteiger partial charge on any atom is -0.507 e. The fourth-order valence-electron chi connectivity index (χ4n) is 3.72. The van der Waals surface area contributed by atoms with Crippen LogP contribution in [0.15, 0.2) is 23.8 Å². The maximum atomic E-state index is 10.6. The quantitative estimate of drug-likeness (QED) is 0.504. The molecule has 0 fully saturated rings. The van der Waals surface area contributed by atoms with Crippen LogP contribution in [-0.2, 0) is 6.42 Å². The van der Waals surface area contributed by atoms with E-state index in [1.165, 1.54) is 0 Å². The third-order valence-corrected chi connectivity index (χ3v) is 5.04.